The first-order valence-corrected chi connectivity index (χ1v) is 10.5. The molecule has 1 saturated heterocycles. The molecule has 154 valence electrons. The average Bonchev–Trinajstić information content (AvgIpc) is 3.27. The summed E-state index contributed by atoms with van der Waals surface area (Å²) in [6.45, 7) is 5.91. The lowest BCUT2D eigenvalue weighted by atomic mass is 9.95. The van der Waals surface area contributed by atoms with Gasteiger partial charge in [0.25, 0.3) is 5.91 Å². The second-order valence-corrected chi connectivity index (χ2v) is 8.33. The van der Waals surface area contributed by atoms with Crippen LogP contribution in [0, 0.1) is 5.41 Å². The third kappa shape index (κ3) is 5.30. The molecule has 0 unspecified atom stereocenters. The standard InChI is InChI=1S/C23H28ClN3O2/c1-23(2,16-24)22(29)26-18-10-11-20(27-12-6-7-13-27)19(14-18)21(28)25-15-17-8-4-3-5-9-17/h3-5,8-11,14H,6-7,12-13,15-16H2,1-2H3,(H,25,28)(H,26,29). The van der Waals surface area contributed by atoms with Gasteiger partial charge in [-0.05, 0) is 50.5 Å². The second kappa shape index (κ2) is 9.31. The van der Waals surface area contributed by atoms with E-state index in [0.29, 0.717) is 17.8 Å². The topological polar surface area (TPSA) is 61.4 Å². The Morgan fingerprint density at radius 2 is 1.76 bits per heavy atom. The van der Waals surface area contributed by atoms with Crippen LogP contribution in [0.15, 0.2) is 48.5 Å². The van der Waals surface area contributed by atoms with Crippen LogP contribution in [0.3, 0.4) is 0 Å². The summed E-state index contributed by atoms with van der Waals surface area (Å²) in [5, 5.41) is 5.90. The molecule has 1 aliphatic heterocycles. The number of rotatable bonds is 7. The third-order valence-corrected chi connectivity index (χ3v) is 5.86. The summed E-state index contributed by atoms with van der Waals surface area (Å²) in [6.07, 6.45) is 2.24. The van der Waals surface area contributed by atoms with Crippen molar-refractivity contribution in [2.24, 2.45) is 5.41 Å². The summed E-state index contributed by atoms with van der Waals surface area (Å²) in [7, 11) is 0. The van der Waals surface area contributed by atoms with Crippen LogP contribution in [-0.2, 0) is 11.3 Å². The van der Waals surface area contributed by atoms with Crippen molar-refractivity contribution in [2.75, 3.05) is 29.2 Å². The van der Waals surface area contributed by atoms with E-state index in [1.54, 1.807) is 19.9 Å². The fourth-order valence-electron chi connectivity index (χ4n) is 3.26. The van der Waals surface area contributed by atoms with E-state index >= 15 is 0 Å². The third-order valence-electron chi connectivity index (χ3n) is 5.19. The molecular weight excluding hydrogens is 386 g/mol. The monoisotopic (exact) mass is 413 g/mol. The molecule has 5 nitrogen and oxygen atoms in total. The minimum Gasteiger partial charge on any atom is -0.371 e. The smallest absolute Gasteiger partial charge is 0.253 e. The molecule has 1 heterocycles. The first-order chi connectivity index (χ1) is 13.9. The van der Waals surface area contributed by atoms with Gasteiger partial charge in [0.1, 0.15) is 0 Å². The minimum atomic E-state index is -0.690. The molecule has 2 amide bonds. The van der Waals surface area contributed by atoms with E-state index in [1.165, 1.54) is 0 Å². The molecule has 29 heavy (non-hydrogen) atoms. The number of nitrogens with one attached hydrogen (secondary N) is 2. The Morgan fingerprint density at radius 1 is 1.07 bits per heavy atom. The second-order valence-electron chi connectivity index (χ2n) is 8.07. The molecule has 0 saturated carbocycles. The Hall–Kier alpha value is -2.53. The van der Waals surface area contributed by atoms with E-state index in [4.69, 9.17) is 11.6 Å². The lowest BCUT2D eigenvalue weighted by Crippen LogP contribution is -2.32. The van der Waals surface area contributed by atoms with E-state index in [0.717, 1.165) is 37.2 Å². The van der Waals surface area contributed by atoms with Gasteiger partial charge >= 0.3 is 0 Å². The van der Waals surface area contributed by atoms with Gasteiger partial charge in [-0.1, -0.05) is 30.3 Å². The van der Waals surface area contributed by atoms with Gasteiger partial charge in [0.05, 0.1) is 11.0 Å². The number of halogens is 1. The van der Waals surface area contributed by atoms with Crippen LogP contribution in [0.1, 0.15) is 42.6 Å². The molecule has 0 spiro atoms. The van der Waals surface area contributed by atoms with E-state index in [9.17, 15) is 9.59 Å². The molecule has 1 aliphatic rings. The van der Waals surface area contributed by atoms with Crippen molar-refractivity contribution in [3.8, 4) is 0 Å². The Bertz CT molecular complexity index is 862. The van der Waals surface area contributed by atoms with Crippen molar-refractivity contribution in [3.05, 3.63) is 59.7 Å². The molecule has 3 rings (SSSR count). The zero-order valence-electron chi connectivity index (χ0n) is 17.0. The molecule has 0 aliphatic carbocycles. The summed E-state index contributed by atoms with van der Waals surface area (Å²) in [4.78, 5) is 27.7. The Kier molecular flexibility index (Phi) is 6.80. The van der Waals surface area contributed by atoms with Crippen LogP contribution in [0.5, 0.6) is 0 Å². The number of amides is 2. The predicted octanol–water partition coefficient (Wildman–Crippen LogP) is 4.42. The van der Waals surface area contributed by atoms with Crippen LogP contribution in [0.2, 0.25) is 0 Å². The largest absolute Gasteiger partial charge is 0.371 e. The summed E-state index contributed by atoms with van der Waals surface area (Å²) in [5.74, 6) is -0.102. The first kappa shape index (κ1) is 21.2. The van der Waals surface area contributed by atoms with E-state index in [2.05, 4.69) is 15.5 Å². The first-order valence-electron chi connectivity index (χ1n) is 9.99. The van der Waals surface area contributed by atoms with Crippen molar-refractivity contribution in [2.45, 2.75) is 33.2 Å². The molecule has 0 bridgehead atoms. The minimum absolute atomic E-state index is 0.150. The Labute approximate surface area is 177 Å². The highest BCUT2D eigenvalue weighted by Crippen LogP contribution is 2.29. The Morgan fingerprint density at radius 3 is 2.41 bits per heavy atom. The van der Waals surface area contributed by atoms with Gasteiger partial charge in [-0.3, -0.25) is 9.59 Å². The van der Waals surface area contributed by atoms with Gasteiger partial charge in [-0.2, -0.15) is 0 Å². The SMILES string of the molecule is CC(C)(CCl)C(=O)Nc1ccc(N2CCCC2)c(C(=O)NCc2ccccc2)c1. The average molecular weight is 414 g/mol. The van der Waals surface area contributed by atoms with Gasteiger partial charge in [-0.25, -0.2) is 0 Å². The summed E-state index contributed by atoms with van der Waals surface area (Å²) in [6, 6.07) is 15.3. The van der Waals surface area contributed by atoms with Crippen LogP contribution >= 0.6 is 11.6 Å². The summed E-state index contributed by atoms with van der Waals surface area (Å²) in [5.41, 5.74) is 2.43. The van der Waals surface area contributed by atoms with Crippen LogP contribution in [0.25, 0.3) is 0 Å². The zero-order chi connectivity index (χ0) is 20.9. The number of carbonyl (C=O) groups is 2. The number of nitrogens with zero attached hydrogens (tertiary/aromatic N) is 1. The van der Waals surface area contributed by atoms with Crippen molar-refractivity contribution in [1.82, 2.24) is 5.32 Å². The maximum absolute atomic E-state index is 13.0. The van der Waals surface area contributed by atoms with Crippen LogP contribution in [0.4, 0.5) is 11.4 Å². The van der Waals surface area contributed by atoms with Crippen molar-refractivity contribution in [1.29, 1.82) is 0 Å². The highest BCUT2D eigenvalue weighted by atomic mass is 35.5. The highest BCUT2D eigenvalue weighted by molar-refractivity contribution is 6.20. The molecule has 2 aromatic rings. The van der Waals surface area contributed by atoms with E-state index in [-0.39, 0.29) is 17.7 Å². The van der Waals surface area contributed by atoms with Gasteiger partial charge in [0, 0.05) is 36.9 Å². The maximum atomic E-state index is 13.0. The number of carbonyl (C=O) groups excluding carboxylic acids is 2. The lowest BCUT2D eigenvalue weighted by Gasteiger charge is -2.23. The molecule has 1 fully saturated rings. The van der Waals surface area contributed by atoms with E-state index < -0.39 is 5.41 Å². The van der Waals surface area contributed by atoms with Gasteiger partial charge < -0.3 is 15.5 Å². The van der Waals surface area contributed by atoms with Crippen LogP contribution in [-0.4, -0.2) is 30.8 Å². The molecule has 0 atom stereocenters. The van der Waals surface area contributed by atoms with Gasteiger partial charge in [0.15, 0.2) is 0 Å². The van der Waals surface area contributed by atoms with Crippen molar-refractivity contribution >= 4 is 34.8 Å². The summed E-state index contributed by atoms with van der Waals surface area (Å²) < 4.78 is 0. The van der Waals surface area contributed by atoms with E-state index in [1.807, 2.05) is 42.5 Å². The quantitative estimate of drug-likeness (QED) is 0.660. The Balaban J connectivity index is 1.82. The number of anilines is 2. The van der Waals surface area contributed by atoms with Crippen molar-refractivity contribution in [3.63, 3.8) is 0 Å². The number of alkyl halides is 1. The van der Waals surface area contributed by atoms with Crippen LogP contribution < -0.4 is 15.5 Å². The normalized spacial score (nSPS) is 14.0. The fourth-order valence-corrected chi connectivity index (χ4v) is 3.39. The molecule has 6 heteroatoms. The molecule has 0 radical (unpaired) electrons. The molecule has 2 aromatic carbocycles. The van der Waals surface area contributed by atoms with Gasteiger partial charge in [-0.15, -0.1) is 11.6 Å². The lowest BCUT2D eigenvalue weighted by molar-refractivity contribution is -0.122. The molecular formula is C23H28ClN3O2. The highest BCUT2D eigenvalue weighted by Gasteiger charge is 2.27. The number of benzene rings is 2. The molecule has 0 aromatic heterocycles. The number of hydrogen-bond acceptors (Lipinski definition) is 3. The predicted molar refractivity (Wildman–Crippen MR) is 119 cm³/mol. The fraction of sp³-hybridized carbons (Fsp3) is 0.391. The number of hydrogen-bond donors (Lipinski definition) is 2. The maximum Gasteiger partial charge on any atom is 0.253 e. The van der Waals surface area contributed by atoms with Gasteiger partial charge in [0.2, 0.25) is 5.91 Å². The molecule has 2 N–H and O–H groups in total. The zero-order valence-corrected chi connectivity index (χ0v) is 17.8. The summed E-state index contributed by atoms with van der Waals surface area (Å²) >= 11 is 5.92. The van der Waals surface area contributed by atoms with Crippen molar-refractivity contribution < 1.29 is 9.59 Å².